The van der Waals surface area contributed by atoms with Crippen LogP contribution in [-0.4, -0.2) is 75.9 Å². The van der Waals surface area contributed by atoms with Gasteiger partial charge in [0.25, 0.3) is 5.56 Å². The van der Waals surface area contributed by atoms with E-state index in [2.05, 4.69) is 10.3 Å². The number of nitrogens with one attached hydrogen (secondary N) is 1. The fourth-order valence-electron chi connectivity index (χ4n) is 7.19. The first-order valence-electron chi connectivity index (χ1n) is 14.7. The van der Waals surface area contributed by atoms with E-state index in [1.54, 1.807) is 19.5 Å². The van der Waals surface area contributed by atoms with Crippen molar-refractivity contribution in [1.82, 2.24) is 24.7 Å². The highest BCUT2D eigenvalue weighted by Gasteiger charge is 2.56. The standard InChI is InChI=1S/C32H39N5O4/c1-41-28-12-6-5-11-25(28)27-20-33-16-18-37(27)30(39)35-17-15-32(40,31(21-35)13-7-8-14-31)22-36-23-34-26(19-29(36)38)24-9-3-2-4-10-24/h2-6,9-12,19,23,27,33,40H,7-8,13-18,20-22H2,1H3. The van der Waals surface area contributed by atoms with E-state index in [1.807, 2.05) is 64.4 Å². The molecule has 2 atom stereocenters. The fourth-order valence-corrected chi connectivity index (χ4v) is 7.19. The van der Waals surface area contributed by atoms with Gasteiger partial charge < -0.3 is 25.0 Å². The molecule has 1 aromatic heterocycles. The maximum Gasteiger partial charge on any atom is 0.320 e. The van der Waals surface area contributed by atoms with Gasteiger partial charge in [-0.3, -0.25) is 9.36 Å². The maximum absolute atomic E-state index is 14.1. The molecule has 0 radical (unpaired) electrons. The number of hydrogen-bond acceptors (Lipinski definition) is 6. The van der Waals surface area contributed by atoms with Crippen LogP contribution in [0.3, 0.4) is 0 Å². The predicted molar refractivity (Wildman–Crippen MR) is 157 cm³/mol. The fraction of sp³-hybridized carbons (Fsp3) is 0.469. The molecule has 3 heterocycles. The number of rotatable bonds is 5. The Hall–Kier alpha value is -3.69. The summed E-state index contributed by atoms with van der Waals surface area (Å²) in [7, 11) is 1.66. The van der Waals surface area contributed by atoms with Crippen LogP contribution in [0.15, 0.2) is 71.8 Å². The molecule has 9 nitrogen and oxygen atoms in total. The molecular weight excluding hydrogens is 518 g/mol. The van der Waals surface area contributed by atoms with Crippen molar-refractivity contribution in [3.63, 3.8) is 0 Å². The number of aromatic nitrogens is 2. The molecule has 3 fully saturated rings. The largest absolute Gasteiger partial charge is 0.496 e. The lowest BCUT2D eigenvalue weighted by molar-refractivity contribution is -0.137. The first-order valence-corrected chi connectivity index (χ1v) is 14.7. The van der Waals surface area contributed by atoms with Crippen molar-refractivity contribution < 1.29 is 14.6 Å². The number of para-hydroxylation sites is 1. The van der Waals surface area contributed by atoms with Crippen LogP contribution in [0.25, 0.3) is 11.3 Å². The van der Waals surface area contributed by atoms with Gasteiger partial charge in [0, 0.05) is 55.3 Å². The Morgan fingerprint density at radius 1 is 1.07 bits per heavy atom. The monoisotopic (exact) mass is 557 g/mol. The van der Waals surface area contributed by atoms with Gasteiger partial charge in [-0.15, -0.1) is 0 Å². The summed E-state index contributed by atoms with van der Waals surface area (Å²) in [5.41, 5.74) is 0.743. The third kappa shape index (κ3) is 5.13. The number of piperazine rings is 1. The Morgan fingerprint density at radius 3 is 2.59 bits per heavy atom. The Morgan fingerprint density at radius 2 is 1.83 bits per heavy atom. The highest BCUT2D eigenvalue weighted by molar-refractivity contribution is 5.76. The lowest BCUT2D eigenvalue weighted by Gasteiger charge is -2.53. The molecular formula is C32H39N5O4. The van der Waals surface area contributed by atoms with E-state index in [9.17, 15) is 14.7 Å². The summed E-state index contributed by atoms with van der Waals surface area (Å²) in [5.74, 6) is 0.775. The topological polar surface area (TPSA) is 99.9 Å². The second kappa shape index (κ2) is 11.3. The smallest absolute Gasteiger partial charge is 0.320 e. The summed E-state index contributed by atoms with van der Waals surface area (Å²) in [6, 6.07) is 18.9. The number of likely N-dealkylation sites (tertiary alicyclic amines) is 1. The first-order chi connectivity index (χ1) is 19.9. The minimum absolute atomic E-state index is 0.00165. The number of nitrogens with zero attached hydrogens (tertiary/aromatic N) is 4. The molecule has 1 saturated carbocycles. The quantitative estimate of drug-likeness (QED) is 0.497. The Balaban J connectivity index is 1.23. The highest BCUT2D eigenvalue weighted by atomic mass is 16.5. The van der Waals surface area contributed by atoms with Gasteiger partial charge >= 0.3 is 6.03 Å². The van der Waals surface area contributed by atoms with Crippen molar-refractivity contribution in [3.8, 4) is 17.0 Å². The second-order valence-corrected chi connectivity index (χ2v) is 11.7. The molecule has 216 valence electrons. The van der Waals surface area contributed by atoms with Gasteiger partial charge in [0.2, 0.25) is 0 Å². The normalized spacial score (nSPS) is 24.0. The molecule has 41 heavy (non-hydrogen) atoms. The van der Waals surface area contributed by atoms with Crippen molar-refractivity contribution in [3.05, 3.63) is 82.9 Å². The highest BCUT2D eigenvalue weighted by Crippen LogP contribution is 2.52. The van der Waals surface area contributed by atoms with Gasteiger partial charge in [0.05, 0.1) is 37.3 Å². The van der Waals surface area contributed by atoms with Crippen LogP contribution in [0, 0.1) is 5.41 Å². The van der Waals surface area contributed by atoms with E-state index in [1.165, 1.54) is 4.57 Å². The maximum atomic E-state index is 14.1. The number of urea groups is 1. The molecule has 6 rings (SSSR count). The van der Waals surface area contributed by atoms with Gasteiger partial charge in [0.15, 0.2) is 0 Å². The van der Waals surface area contributed by atoms with Crippen molar-refractivity contribution in [2.75, 3.05) is 39.8 Å². The third-order valence-corrected chi connectivity index (χ3v) is 9.48. The molecule has 2 N–H and O–H groups in total. The van der Waals surface area contributed by atoms with Crippen LogP contribution in [-0.2, 0) is 6.54 Å². The minimum atomic E-state index is -1.11. The molecule has 2 aliphatic heterocycles. The van der Waals surface area contributed by atoms with Crippen molar-refractivity contribution in [2.24, 2.45) is 5.41 Å². The zero-order valence-electron chi connectivity index (χ0n) is 23.7. The lowest BCUT2D eigenvalue weighted by Crippen LogP contribution is -2.64. The van der Waals surface area contributed by atoms with Crippen molar-refractivity contribution in [2.45, 2.75) is 50.3 Å². The van der Waals surface area contributed by atoms with Gasteiger partial charge in [-0.1, -0.05) is 61.4 Å². The van der Waals surface area contributed by atoms with E-state index in [-0.39, 0.29) is 24.2 Å². The van der Waals surface area contributed by atoms with E-state index < -0.39 is 11.0 Å². The molecule has 3 aliphatic rings. The number of hydrogen-bond donors (Lipinski definition) is 2. The summed E-state index contributed by atoms with van der Waals surface area (Å²) >= 11 is 0. The number of piperidine rings is 1. The van der Waals surface area contributed by atoms with Gasteiger partial charge in [0.1, 0.15) is 5.75 Å². The molecule has 3 aromatic rings. The number of carbonyl (C=O) groups is 1. The summed E-state index contributed by atoms with van der Waals surface area (Å²) in [6.45, 7) is 3.08. The van der Waals surface area contributed by atoms with E-state index >= 15 is 0 Å². The molecule has 2 amide bonds. The van der Waals surface area contributed by atoms with E-state index in [4.69, 9.17) is 4.74 Å². The van der Waals surface area contributed by atoms with Gasteiger partial charge in [-0.2, -0.15) is 0 Å². The van der Waals surface area contributed by atoms with Crippen LogP contribution >= 0.6 is 0 Å². The van der Waals surface area contributed by atoms with Gasteiger partial charge in [-0.25, -0.2) is 9.78 Å². The number of carbonyl (C=O) groups excluding carboxylic acids is 1. The minimum Gasteiger partial charge on any atom is -0.496 e. The molecule has 0 bridgehead atoms. The number of methoxy groups -OCH3 is 1. The molecule has 1 spiro atoms. The van der Waals surface area contributed by atoms with Crippen molar-refractivity contribution in [1.29, 1.82) is 0 Å². The summed E-state index contributed by atoms with van der Waals surface area (Å²) in [6.07, 6.45) is 5.63. The average Bonchev–Trinajstić information content (AvgIpc) is 3.49. The average molecular weight is 558 g/mol. The van der Waals surface area contributed by atoms with Crippen molar-refractivity contribution >= 4 is 6.03 Å². The van der Waals surface area contributed by atoms with Crippen LogP contribution in [0.1, 0.15) is 43.7 Å². The third-order valence-electron chi connectivity index (χ3n) is 9.48. The predicted octanol–water partition coefficient (Wildman–Crippen LogP) is 3.68. The van der Waals surface area contributed by atoms with E-state index in [0.717, 1.165) is 49.1 Å². The Bertz CT molecular complexity index is 1440. The van der Waals surface area contributed by atoms with Crippen LogP contribution in [0.5, 0.6) is 5.75 Å². The molecule has 2 unspecified atom stereocenters. The van der Waals surface area contributed by atoms with E-state index in [0.29, 0.717) is 38.3 Å². The number of ether oxygens (including phenoxy) is 1. The number of aliphatic hydroxyl groups is 1. The Kier molecular flexibility index (Phi) is 7.57. The number of amides is 2. The zero-order valence-corrected chi connectivity index (χ0v) is 23.7. The van der Waals surface area contributed by atoms with Gasteiger partial charge in [-0.05, 0) is 25.3 Å². The molecule has 2 aromatic carbocycles. The summed E-state index contributed by atoms with van der Waals surface area (Å²) in [5, 5.41) is 15.7. The first kappa shape index (κ1) is 27.5. The summed E-state index contributed by atoms with van der Waals surface area (Å²) < 4.78 is 7.17. The summed E-state index contributed by atoms with van der Waals surface area (Å²) in [4.78, 5) is 35.7. The molecule has 2 saturated heterocycles. The van der Waals surface area contributed by atoms with Crippen LogP contribution < -0.4 is 15.6 Å². The van der Waals surface area contributed by atoms with Crippen LogP contribution in [0.4, 0.5) is 4.79 Å². The lowest BCUT2D eigenvalue weighted by atomic mass is 9.66. The SMILES string of the molecule is COc1ccccc1C1CNCCN1C(=O)N1CCC(O)(Cn2cnc(-c3ccccc3)cc2=O)C2(CCCC2)C1. The molecule has 1 aliphatic carbocycles. The zero-order chi connectivity index (χ0) is 28.5. The van der Waals surface area contributed by atoms with Crippen LogP contribution in [0.2, 0.25) is 0 Å². The number of benzene rings is 2. The molecule has 9 heteroatoms. The Labute approximate surface area is 240 Å². The second-order valence-electron chi connectivity index (χ2n) is 11.7.